The number of aromatic nitrogens is 3. The number of thiophene rings is 1. The number of nitrogens with one attached hydrogen (secondary N) is 1. The Morgan fingerprint density at radius 1 is 1.53 bits per heavy atom. The van der Waals surface area contributed by atoms with Crippen LogP contribution in [0.5, 0.6) is 0 Å². The van der Waals surface area contributed by atoms with Crippen molar-refractivity contribution in [3.63, 3.8) is 0 Å². The zero-order valence-corrected chi connectivity index (χ0v) is 11.0. The molecule has 0 aliphatic carbocycles. The number of hydrogen-bond acceptors (Lipinski definition) is 5. The molecule has 0 aromatic carbocycles. The number of hydrogen-bond donors (Lipinski definition) is 2. The molecule has 0 fully saturated rings. The highest BCUT2D eigenvalue weighted by atomic mass is 32.1. The van der Waals surface area contributed by atoms with E-state index in [9.17, 15) is 9.59 Å². The fourth-order valence-corrected chi connectivity index (χ4v) is 2.44. The smallest absolute Gasteiger partial charge is 0.338 e. The van der Waals surface area contributed by atoms with E-state index in [-0.39, 0.29) is 17.9 Å². The van der Waals surface area contributed by atoms with Crippen LogP contribution in [0.3, 0.4) is 0 Å². The van der Waals surface area contributed by atoms with Gasteiger partial charge in [-0.25, -0.2) is 9.78 Å². The molecule has 0 spiro atoms. The van der Waals surface area contributed by atoms with E-state index in [0.29, 0.717) is 11.5 Å². The number of aryl methyl sites for hydroxylation is 2. The van der Waals surface area contributed by atoms with Crippen LogP contribution >= 0.6 is 11.3 Å². The first-order chi connectivity index (χ1) is 9.06. The summed E-state index contributed by atoms with van der Waals surface area (Å²) in [5.41, 5.74) is 0.122. The van der Waals surface area contributed by atoms with E-state index < -0.39 is 5.97 Å². The Hall–Kier alpha value is -2.22. The maximum absolute atomic E-state index is 11.7. The van der Waals surface area contributed by atoms with E-state index in [1.54, 1.807) is 13.0 Å². The van der Waals surface area contributed by atoms with Crippen LogP contribution in [0.2, 0.25) is 0 Å². The number of rotatable bonds is 5. The Kier molecular flexibility index (Phi) is 3.91. The van der Waals surface area contributed by atoms with Gasteiger partial charge < -0.3 is 10.4 Å². The molecule has 2 N–H and O–H groups in total. The van der Waals surface area contributed by atoms with Crippen molar-refractivity contribution in [2.24, 2.45) is 0 Å². The Balaban J connectivity index is 1.97. The van der Waals surface area contributed by atoms with Crippen LogP contribution in [0.1, 0.15) is 21.7 Å². The first kappa shape index (κ1) is 13.2. The van der Waals surface area contributed by atoms with Crippen LogP contribution in [0, 0.1) is 6.92 Å². The summed E-state index contributed by atoms with van der Waals surface area (Å²) in [4.78, 5) is 27.3. The van der Waals surface area contributed by atoms with Gasteiger partial charge in [-0.1, -0.05) is 0 Å². The molecule has 2 aromatic rings. The van der Waals surface area contributed by atoms with Gasteiger partial charge in [0.15, 0.2) is 0 Å². The molecule has 1 amide bonds. The van der Waals surface area contributed by atoms with Crippen LogP contribution in [0.15, 0.2) is 18.7 Å². The second-order valence-corrected chi connectivity index (χ2v) is 5.12. The third-order valence-corrected chi connectivity index (χ3v) is 3.34. The fourth-order valence-electron chi connectivity index (χ4n) is 1.52. The number of carboxylic acids is 1. The fraction of sp³-hybridized carbons (Fsp3) is 0.273. The molecular weight excluding hydrogens is 268 g/mol. The number of nitrogens with zero attached hydrogens (tertiary/aromatic N) is 3. The van der Waals surface area contributed by atoms with Gasteiger partial charge in [0.1, 0.15) is 17.7 Å². The van der Waals surface area contributed by atoms with E-state index in [1.165, 1.54) is 28.7 Å². The van der Waals surface area contributed by atoms with Crippen molar-refractivity contribution in [2.45, 2.75) is 19.9 Å². The van der Waals surface area contributed by atoms with Crippen molar-refractivity contribution in [1.82, 2.24) is 14.8 Å². The van der Waals surface area contributed by atoms with Gasteiger partial charge in [-0.15, -0.1) is 11.3 Å². The third kappa shape index (κ3) is 3.38. The van der Waals surface area contributed by atoms with Crippen molar-refractivity contribution < 1.29 is 14.7 Å². The summed E-state index contributed by atoms with van der Waals surface area (Å²) in [5, 5.41) is 15.9. The average Bonchev–Trinajstić information content (AvgIpc) is 2.96. The predicted octanol–water partition coefficient (Wildman–Crippen LogP) is 1.38. The lowest BCUT2D eigenvalue weighted by Gasteiger charge is -2.04. The second-order valence-electron chi connectivity index (χ2n) is 3.86. The Labute approximate surface area is 112 Å². The molecule has 2 heterocycles. The Morgan fingerprint density at radius 2 is 2.32 bits per heavy atom. The second kappa shape index (κ2) is 5.61. The molecule has 0 aliphatic rings. The monoisotopic (exact) mass is 280 g/mol. The van der Waals surface area contributed by atoms with E-state index in [4.69, 9.17) is 5.11 Å². The summed E-state index contributed by atoms with van der Waals surface area (Å²) >= 11 is 1.25. The number of aromatic carboxylic acids is 1. The maximum atomic E-state index is 11.7. The minimum Gasteiger partial charge on any atom is -0.478 e. The Bertz CT molecular complexity index is 591. The number of carboxylic acid groups (broad SMARTS) is 1. The van der Waals surface area contributed by atoms with Gasteiger partial charge in [0.05, 0.1) is 12.1 Å². The van der Waals surface area contributed by atoms with Gasteiger partial charge >= 0.3 is 5.97 Å². The SMILES string of the molecule is Cc1cc(C(=O)O)c(NC(=O)CCn2cncn2)s1. The van der Waals surface area contributed by atoms with Crippen LogP contribution in [0.4, 0.5) is 5.00 Å². The van der Waals surface area contributed by atoms with Crippen molar-refractivity contribution in [3.8, 4) is 0 Å². The minimum absolute atomic E-state index is 0.122. The highest BCUT2D eigenvalue weighted by molar-refractivity contribution is 7.16. The van der Waals surface area contributed by atoms with E-state index in [0.717, 1.165) is 4.88 Å². The topological polar surface area (TPSA) is 97.1 Å². The number of amides is 1. The molecule has 0 aliphatic heterocycles. The zero-order valence-electron chi connectivity index (χ0n) is 10.2. The van der Waals surface area contributed by atoms with Gasteiger partial charge in [0.25, 0.3) is 0 Å². The predicted molar refractivity (Wildman–Crippen MR) is 69.3 cm³/mol. The van der Waals surface area contributed by atoms with Crippen LogP contribution in [-0.2, 0) is 11.3 Å². The van der Waals surface area contributed by atoms with Crippen molar-refractivity contribution in [3.05, 3.63) is 29.2 Å². The van der Waals surface area contributed by atoms with Gasteiger partial charge in [0.2, 0.25) is 5.91 Å². The van der Waals surface area contributed by atoms with Gasteiger partial charge in [-0.2, -0.15) is 5.10 Å². The summed E-state index contributed by atoms with van der Waals surface area (Å²) in [6.45, 7) is 2.20. The molecule has 2 aromatic heterocycles. The van der Waals surface area contributed by atoms with Crippen LogP contribution in [0.25, 0.3) is 0 Å². The van der Waals surface area contributed by atoms with E-state index >= 15 is 0 Å². The molecule has 2 rings (SSSR count). The number of anilines is 1. The maximum Gasteiger partial charge on any atom is 0.338 e. The number of carbonyl (C=O) groups is 2. The van der Waals surface area contributed by atoms with E-state index in [2.05, 4.69) is 15.4 Å². The Morgan fingerprint density at radius 3 is 2.95 bits per heavy atom. The van der Waals surface area contributed by atoms with Crippen LogP contribution in [-0.4, -0.2) is 31.7 Å². The lowest BCUT2D eigenvalue weighted by molar-refractivity contribution is -0.116. The molecule has 0 unspecified atom stereocenters. The molecule has 0 saturated heterocycles. The van der Waals surface area contributed by atoms with Gasteiger partial charge in [-0.05, 0) is 13.0 Å². The van der Waals surface area contributed by atoms with Gasteiger partial charge in [0, 0.05) is 11.3 Å². The first-order valence-electron chi connectivity index (χ1n) is 5.52. The molecular formula is C11H12N4O3S. The molecule has 100 valence electrons. The summed E-state index contributed by atoms with van der Waals surface area (Å²) in [6.07, 6.45) is 3.12. The van der Waals surface area contributed by atoms with Crippen molar-refractivity contribution in [2.75, 3.05) is 5.32 Å². The highest BCUT2D eigenvalue weighted by Gasteiger charge is 2.15. The molecule has 8 heteroatoms. The third-order valence-electron chi connectivity index (χ3n) is 2.37. The summed E-state index contributed by atoms with van der Waals surface area (Å²) < 4.78 is 1.54. The zero-order chi connectivity index (χ0) is 13.8. The van der Waals surface area contributed by atoms with Crippen molar-refractivity contribution >= 4 is 28.2 Å². The van der Waals surface area contributed by atoms with Gasteiger partial charge in [-0.3, -0.25) is 9.48 Å². The number of carbonyl (C=O) groups excluding carboxylic acids is 1. The summed E-state index contributed by atoms with van der Waals surface area (Å²) in [5.74, 6) is -1.30. The van der Waals surface area contributed by atoms with Crippen LogP contribution < -0.4 is 5.32 Å². The molecule has 0 saturated carbocycles. The normalized spacial score (nSPS) is 10.4. The van der Waals surface area contributed by atoms with Crippen molar-refractivity contribution in [1.29, 1.82) is 0 Å². The summed E-state index contributed by atoms with van der Waals surface area (Å²) in [6, 6.07) is 1.54. The quantitative estimate of drug-likeness (QED) is 0.862. The standard InChI is InChI=1S/C11H12N4O3S/c1-7-4-8(11(17)18)10(19-7)14-9(16)2-3-15-6-12-5-13-15/h4-6H,2-3H2,1H3,(H,14,16)(H,17,18). The molecule has 19 heavy (non-hydrogen) atoms. The van der Waals surface area contributed by atoms with E-state index in [1.807, 2.05) is 0 Å². The summed E-state index contributed by atoms with van der Waals surface area (Å²) in [7, 11) is 0. The molecule has 7 nitrogen and oxygen atoms in total. The largest absolute Gasteiger partial charge is 0.478 e. The highest BCUT2D eigenvalue weighted by Crippen LogP contribution is 2.27. The molecule has 0 radical (unpaired) electrons. The lowest BCUT2D eigenvalue weighted by atomic mass is 10.3. The lowest BCUT2D eigenvalue weighted by Crippen LogP contribution is -2.15. The molecule has 0 bridgehead atoms. The first-order valence-corrected chi connectivity index (χ1v) is 6.34. The average molecular weight is 280 g/mol. The molecule has 0 atom stereocenters. The minimum atomic E-state index is -1.05.